The van der Waals surface area contributed by atoms with Crippen LogP contribution in [-0.2, 0) is 10.2 Å². The van der Waals surface area contributed by atoms with Crippen LogP contribution in [0.25, 0.3) is 5.82 Å². The maximum absolute atomic E-state index is 12.5. The van der Waals surface area contributed by atoms with Crippen molar-refractivity contribution < 1.29 is 9.53 Å². The second-order valence-corrected chi connectivity index (χ2v) is 9.90. The predicted octanol–water partition coefficient (Wildman–Crippen LogP) is 4.77. The molecule has 0 aliphatic carbocycles. The van der Waals surface area contributed by atoms with Crippen molar-refractivity contribution in [3.05, 3.63) is 35.3 Å². The molecule has 1 amide bonds. The van der Waals surface area contributed by atoms with Crippen molar-refractivity contribution in [2.45, 2.75) is 78.9 Å². The standard InChI is InChI=1S/C22H34N4O2/c1-15-9-10-16(2)25(15)19-13-18(21(3,4)5)23-26(19)17-11-12-24(14-17)20(27)28-22(6,7)8/h9-10,13,17H,11-12,14H2,1-8H3. The number of nitrogens with zero attached hydrogens (tertiary/aromatic N) is 4. The van der Waals surface area contributed by atoms with Gasteiger partial charge in [-0.05, 0) is 53.2 Å². The third-order valence-corrected chi connectivity index (χ3v) is 5.15. The average molecular weight is 387 g/mol. The highest BCUT2D eigenvalue weighted by Crippen LogP contribution is 2.31. The quantitative estimate of drug-likeness (QED) is 0.747. The summed E-state index contributed by atoms with van der Waals surface area (Å²) >= 11 is 0. The van der Waals surface area contributed by atoms with Crippen LogP contribution >= 0.6 is 0 Å². The van der Waals surface area contributed by atoms with E-state index in [-0.39, 0.29) is 17.6 Å². The van der Waals surface area contributed by atoms with E-state index < -0.39 is 5.60 Å². The zero-order valence-corrected chi connectivity index (χ0v) is 18.5. The number of carbonyl (C=O) groups excluding carboxylic acids is 1. The Labute approximate surface area is 168 Å². The van der Waals surface area contributed by atoms with Gasteiger partial charge in [0.15, 0.2) is 0 Å². The molecule has 1 unspecified atom stereocenters. The van der Waals surface area contributed by atoms with Crippen LogP contribution in [0.4, 0.5) is 4.79 Å². The van der Waals surface area contributed by atoms with Crippen LogP contribution in [0, 0.1) is 13.8 Å². The van der Waals surface area contributed by atoms with Crippen LogP contribution in [0.3, 0.4) is 0 Å². The number of aryl methyl sites for hydroxylation is 2. The van der Waals surface area contributed by atoms with Crippen molar-refractivity contribution >= 4 is 6.09 Å². The van der Waals surface area contributed by atoms with E-state index in [9.17, 15) is 4.79 Å². The Kier molecular flexibility index (Phi) is 5.11. The van der Waals surface area contributed by atoms with Gasteiger partial charge in [0.25, 0.3) is 0 Å². The molecule has 154 valence electrons. The summed E-state index contributed by atoms with van der Waals surface area (Å²) < 4.78 is 9.92. The normalized spacial score (nSPS) is 18.0. The molecule has 0 aromatic carbocycles. The molecular weight excluding hydrogens is 352 g/mol. The molecule has 0 N–H and O–H groups in total. The second-order valence-electron chi connectivity index (χ2n) is 9.90. The first-order valence-corrected chi connectivity index (χ1v) is 10.1. The molecule has 3 heterocycles. The van der Waals surface area contributed by atoms with E-state index in [1.807, 2.05) is 20.8 Å². The molecule has 28 heavy (non-hydrogen) atoms. The highest BCUT2D eigenvalue weighted by atomic mass is 16.6. The Balaban J connectivity index is 1.94. The average Bonchev–Trinajstić information content (AvgIpc) is 3.23. The van der Waals surface area contributed by atoms with Gasteiger partial charge in [-0.1, -0.05) is 20.8 Å². The van der Waals surface area contributed by atoms with Crippen LogP contribution in [-0.4, -0.2) is 44.0 Å². The van der Waals surface area contributed by atoms with Gasteiger partial charge < -0.3 is 14.2 Å². The van der Waals surface area contributed by atoms with Crippen LogP contribution in [0.1, 0.15) is 71.1 Å². The molecule has 6 nitrogen and oxygen atoms in total. The van der Waals surface area contributed by atoms with E-state index in [4.69, 9.17) is 9.84 Å². The predicted molar refractivity (Wildman–Crippen MR) is 111 cm³/mol. The van der Waals surface area contributed by atoms with E-state index in [1.54, 1.807) is 4.90 Å². The first kappa shape index (κ1) is 20.5. The first-order valence-electron chi connectivity index (χ1n) is 10.1. The fourth-order valence-corrected chi connectivity index (χ4v) is 3.65. The molecule has 1 saturated heterocycles. The van der Waals surface area contributed by atoms with Crippen molar-refractivity contribution in [1.29, 1.82) is 0 Å². The Morgan fingerprint density at radius 3 is 2.25 bits per heavy atom. The molecule has 0 saturated carbocycles. The summed E-state index contributed by atoms with van der Waals surface area (Å²) in [5.74, 6) is 1.07. The minimum absolute atomic E-state index is 0.0432. The Morgan fingerprint density at radius 2 is 1.71 bits per heavy atom. The van der Waals surface area contributed by atoms with Gasteiger partial charge in [-0.2, -0.15) is 5.10 Å². The molecule has 1 atom stereocenters. The van der Waals surface area contributed by atoms with Crippen molar-refractivity contribution in [3.63, 3.8) is 0 Å². The number of carbonyl (C=O) groups is 1. The Hall–Kier alpha value is -2.24. The van der Waals surface area contributed by atoms with Crippen LogP contribution in [0.2, 0.25) is 0 Å². The lowest BCUT2D eigenvalue weighted by Crippen LogP contribution is -2.35. The molecule has 0 spiro atoms. The highest BCUT2D eigenvalue weighted by molar-refractivity contribution is 5.68. The van der Waals surface area contributed by atoms with Crippen LogP contribution in [0.5, 0.6) is 0 Å². The molecule has 3 rings (SSSR count). The van der Waals surface area contributed by atoms with Gasteiger partial charge in [0.2, 0.25) is 0 Å². The van der Waals surface area contributed by atoms with Crippen molar-refractivity contribution in [2.24, 2.45) is 0 Å². The summed E-state index contributed by atoms with van der Waals surface area (Å²) in [7, 11) is 0. The van der Waals surface area contributed by atoms with Gasteiger partial charge in [0.1, 0.15) is 11.4 Å². The summed E-state index contributed by atoms with van der Waals surface area (Å²) in [4.78, 5) is 14.3. The number of rotatable bonds is 2. The van der Waals surface area contributed by atoms with E-state index in [0.717, 1.165) is 17.9 Å². The van der Waals surface area contributed by atoms with Crippen molar-refractivity contribution in [2.75, 3.05) is 13.1 Å². The maximum Gasteiger partial charge on any atom is 0.410 e. The molecule has 2 aromatic rings. The smallest absolute Gasteiger partial charge is 0.410 e. The lowest BCUT2D eigenvalue weighted by Gasteiger charge is -2.24. The van der Waals surface area contributed by atoms with E-state index >= 15 is 0 Å². The third-order valence-electron chi connectivity index (χ3n) is 5.15. The lowest BCUT2D eigenvalue weighted by atomic mass is 9.92. The second kappa shape index (κ2) is 6.98. The molecular formula is C22H34N4O2. The van der Waals surface area contributed by atoms with E-state index in [1.165, 1.54) is 11.4 Å². The summed E-state index contributed by atoms with van der Waals surface area (Å²) in [6.45, 7) is 17.8. The van der Waals surface area contributed by atoms with Gasteiger partial charge >= 0.3 is 6.09 Å². The van der Waals surface area contributed by atoms with Gasteiger partial charge in [-0.3, -0.25) is 0 Å². The third kappa shape index (κ3) is 4.10. The minimum atomic E-state index is -0.481. The topological polar surface area (TPSA) is 52.3 Å². The van der Waals surface area contributed by atoms with Gasteiger partial charge in [0, 0.05) is 36.0 Å². The van der Waals surface area contributed by atoms with Gasteiger partial charge in [-0.15, -0.1) is 0 Å². The number of hydrogen-bond acceptors (Lipinski definition) is 3. The van der Waals surface area contributed by atoms with Gasteiger partial charge in [-0.25, -0.2) is 9.48 Å². The molecule has 0 radical (unpaired) electrons. The number of amides is 1. The highest BCUT2D eigenvalue weighted by Gasteiger charge is 2.33. The van der Waals surface area contributed by atoms with Crippen LogP contribution < -0.4 is 0 Å². The zero-order chi connectivity index (χ0) is 20.9. The summed E-state index contributed by atoms with van der Waals surface area (Å²) in [6.07, 6.45) is 0.629. The number of ether oxygens (including phenoxy) is 1. The summed E-state index contributed by atoms with van der Waals surface area (Å²) in [6, 6.07) is 6.59. The van der Waals surface area contributed by atoms with Crippen molar-refractivity contribution in [3.8, 4) is 5.82 Å². The van der Waals surface area contributed by atoms with Crippen molar-refractivity contribution in [1.82, 2.24) is 19.2 Å². The molecule has 1 aliphatic heterocycles. The molecule has 6 heteroatoms. The largest absolute Gasteiger partial charge is 0.444 e. The fourth-order valence-electron chi connectivity index (χ4n) is 3.65. The van der Waals surface area contributed by atoms with E-state index in [2.05, 4.69) is 62.1 Å². The Morgan fingerprint density at radius 1 is 1.11 bits per heavy atom. The molecule has 1 aliphatic rings. The monoisotopic (exact) mass is 386 g/mol. The molecule has 1 fully saturated rings. The lowest BCUT2D eigenvalue weighted by molar-refractivity contribution is 0.0288. The SMILES string of the molecule is Cc1ccc(C)n1-c1cc(C(C)(C)C)nn1C1CCN(C(=O)OC(C)(C)C)C1. The van der Waals surface area contributed by atoms with Gasteiger partial charge in [0.05, 0.1) is 11.7 Å². The Bertz CT molecular complexity index is 845. The van der Waals surface area contributed by atoms with E-state index in [0.29, 0.717) is 13.1 Å². The maximum atomic E-state index is 12.5. The fraction of sp³-hybridized carbons (Fsp3) is 0.636. The minimum Gasteiger partial charge on any atom is -0.444 e. The number of likely N-dealkylation sites (tertiary alicyclic amines) is 1. The molecule has 2 aromatic heterocycles. The summed E-state index contributed by atoms with van der Waals surface area (Å²) in [5.41, 5.74) is 2.90. The first-order chi connectivity index (χ1) is 12.9. The summed E-state index contributed by atoms with van der Waals surface area (Å²) in [5, 5.41) is 4.99. The zero-order valence-electron chi connectivity index (χ0n) is 18.5. The van der Waals surface area contributed by atoms with Crippen LogP contribution in [0.15, 0.2) is 18.2 Å². The number of hydrogen-bond donors (Lipinski definition) is 0. The molecule has 0 bridgehead atoms. The number of aromatic nitrogens is 3.